The smallest absolute Gasteiger partial charge is 0.282 e. The van der Waals surface area contributed by atoms with Crippen molar-refractivity contribution in [2.45, 2.75) is 0 Å². The standard InChI is InChI=1S/C23H15BrN4O2/c1-27-19-12-11-15(24)13-17(19)20(23(27)30)26-28-21(14-7-3-2-4-8-14)25-18-10-6-5-9-16(18)22(28)29/h2-13H,1H3. The van der Waals surface area contributed by atoms with Gasteiger partial charge in [-0.3, -0.25) is 9.59 Å². The number of rotatable bonds is 2. The van der Waals surface area contributed by atoms with Gasteiger partial charge >= 0.3 is 0 Å². The van der Waals surface area contributed by atoms with Crippen LogP contribution >= 0.6 is 15.9 Å². The minimum absolute atomic E-state index is 0.199. The quantitative estimate of drug-likeness (QED) is 0.454. The van der Waals surface area contributed by atoms with Crippen molar-refractivity contribution in [2.24, 2.45) is 5.10 Å². The molecule has 1 aliphatic heterocycles. The summed E-state index contributed by atoms with van der Waals surface area (Å²) in [5, 5.41) is 4.98. The number of fused-ring (bicyclic) bond motifs is 2. The predicted molar refractivity (Wildman–Crippen MR) is 121 cm³/mol. The lowest BCUT2D eigenvalue weighted by Gasteiger charge is -2.10. The first kappa shape index (κ1) is 18.4. The Hall–Kier alpha value is -3.58. The van der Waals surface area contributed by atoms with E-state index in [9.17, 15) is 9.59 Å². The summed E-state index contributed by atoms with van der Waals surface area (Å²) in [5.41, 5.74) is 2.59. The van der Waals surface area contributed by atoms with Gasteiger partial charge in [0, 0.05) is 22.6 Å². The number of hydrogen-bond acceptors (Lipinski definition) is 4. The Balaban J connectivity index is 1.84. The molecule has 4 aromatic rings. The molecule has 0 spiro atoms. The van der Waals surface area contributed by atoms with Gasteiger partial charge in [0.2, 0.25) is 0 Å². The van der Waals surface area contributed by atoms with Gasteiger partial charge in [0.1, 0.15) is 0 Å². The van der Waals surface area contributed by atoms with Gasteiger partial charge in [-0.25, -0.2) is 4.98 Å². The maximum absolute atomic E-state index is 13.4. The van der Waals surface area contributed by atoms with E-state index in [0.717, 1.165) is 15.7 Å². The lowest BCUT2D eigenvalue weighted by molar-refractivity contribution is -0.112. The highest BCUT2D eigenvalue weighted by Gasteiger charge is 2.32. The van der Waals surface area contributed by atoms with Gasteiger partial charge in [-0.15, -0.1) is 0 Å². The van der Waals surface area contributed by atoms with E-state index in [1.807, 2.05) is 54.6 Å². The summed E-state index contributed by atoms with van der Waals surface area (Å²) in [6.45, 7) is 0. The molecule has 0 atom stereocenters. The van der Waals surface area contributed by atoms with E-state index >= 15 is 0 Å². The maximum Gasteiger partial charge on any atom is 0.282 e. The van der Waals surface area contributed by atoms with Crippen LogP contribution in [0.25, 0.3) is 22.3 Å². The first-order valence-electron chi connectivity index (χ1n) is 9.29. The molecule has 7 heteroatoms. The zero-order valence-electron chi connectivity index (χ0n) is 15.9. The Kier molecular flexibility index (Phi) is 4.33. The fourth-order valence-electron chi connectivity index (χ4n) is 3.56. The average Bonchev–Trinajstić information content (AvgIpc) is 3.00. The second-order valence-corrected chi connectivity index (χ2v) is 7.83. The van der Waals surface area contributed by atoms with Crippen LogP contribution < -0.4 is 10.5 Å². The summed E-state index contributed by atoms with van der Waals surface area (Å²) in [7, 11) is 1.69. The van der Waals surface area contributed by atoms with Gasteiger partial charge in [-0.05, 0) is 30.3 Å². The Labute approximate surface area is 180 Å². The molecule has 0 radical (unpaired) electrons. The molecule has 0 saturated carbocycles. The topological polar surface area (TPSA) is 67.6 Å². The molecule has 146 valence electrons. The highest BCUT2D eigenvalue weighted by molar-refractivity contribution is 9.10. The van der Waals surface area contributed by atoms with Crippen molar-refractivity contribution >= 4 is 44.1 Å². The summed E-state index contributed by atoms with van der Waals surface area (Å²) in [6.07, 6.45) is 0. The largest absolute Gasteiger partial charge is 0.309 e. The number of anilines is 1. The monoisotopic (exact) mass is 458 g/mol. The van der Waals surface area contributed by atoms with E-state index in [1.165, 1.54) is 9.58 Å². The highest BCUT2D eigenvalue weighted by atomic mass is 79.9. The number of para-hydroxylation sites is 1. The van der Waals surface area contributed by atoms with Gasteiger partial charge in [-0.2, -0.15) is 9.78 Å². The van der Waals surface area contributed by atoms with E-state index < -0.39 is 0 Å². The number of halogens is 1. The number of hydrogen-bond donors (Lipinski definition) is 0. The number of nitrogens with zero attached hydrogens (tertiary/aromatic N) is 4. The highest BCUT2D eigenvalue weighted by Crippen LogP contribution is 2.31. The molecule has 2 heterocycles. The van der Waals surface area contributed by atoms with Crippen molar-refractivity contribution < 1.29 is 4.79 Å². The lowest BCUT2D eigenvalue weighted by Crippen LogP contribution is -2.28. The third-order valence-electron chi connectivity index (χ3n) is 5.07. The summed E-state index contributed by atoms with van der Waals surface area (Å²) in [4.78, 5) is 32.5. The molecular formula is C23H15BrN4O2. The van der Waals surface area contributed by atoms with Crippen LogP contribution in [0.4, 0.5) is 5.69 Å². The zero-order valence-corrected chi connectivity index (χ0v) is 17.5. The van der Waals surface area contributed by atoms with Crippen LogP contribution in [0.2, 0.25) is 0 Å². The predicted octanol–water partition coefficient (Wildman–Crippen LogP) is 4.05. The van der Waals surface area contributed by atoms with Gasteiger partial charge in [0.15, 0.2) is 11.5 Å². The van der Waals surface area contributed by atoms with Crippen LogP contribution in [-0.2, 0) is 4.79 Å². The molecule has 1 aromatic heterocycles. The van der Waals surface area contributed by atoms with Crippen LogP contribution in [0.5, 0.6) is 0 Å². The zero-order chi connectivity index (χ0) is 20.8. The van der Waals surface area contributed by atoms with Crippen LogP contribution in [0, 0.1) is 0 Å². The number of amides is 1. The Morgan fingerprint density at radius 3 is 2.47 bits per heavy atom. The Morgan fingerprint density at radius 2 is 1.67 bits per heavy atom. The van der Waals surface area contributed by atoms with Crippen molar-refractivity contribution in [3.8, 4) is 11.4 Å². The molecule has 0 fully saturated rings. The first-order valence-corrected chi connectivity index (χ1v) is 10.1. The molecule has 6 nitrogen and oxygen atoms in total. The molecule has 0 unspecified atom stereocenters. The van der Waals surface area contributed by atoms with Crippen LogP contribution in [0.3, 0.4) is 0 Å². The van der Waals surface area contributed by atoms with Gasteiger partial charge < -0.3 is 4.90 Å². The minimum atomic E-state index is -0.328. The van der Waals surface area contributed by atoms with E-state index in [2.05, 4.69) is 26.0 Å². The molecule has 30 heavy (non-hydrogen) atoms. The number of carbonyl (C=O) groups excluding carboxylic acids is 1. The first-order chi connectivity index (χ1) is 14.5. The van der Waals surface area contributed by atoms with E-state index in [-0.39, 0.29) is 17.2 Å². The van der Waals surface area contributed by atoms with E-state index in [1.54, 1.807) is 25.2 Å². The fraction of sp³-hybridized carbons (Fsp3) is 0.0435. The minimum Gasteiger partial charge on any atom is -0.309 e. The number of likely N-dealkylation sites (N-methyl/N-ethyl adjacent to an activating group) is 1. The maximum atomic E-state index is 13.4. The van der Waals surface area contributed by atoms with Crippen molar-refractivity contribution in [1.29, 1.82) is 0 Å². The summed E-state index contributed by atoms with van der Waals surface area (Å²) in [5.74, 6) is 0.105. The Morgan fingerprint density at radius 1 is 0.933 bits per heavy atom. The molecule has 3 aromatic carbocycles. The van der Waals surface area contributed by atoms with Crippen molar-refractivity contribution in [3.05, 3.63) is 93.2 Å². The van der Waals surface area contributed by atoms with Crippen LogP contribution in [0.15, 0.2) is 87.2 Å². The Bertz CT molecular complexity index is 1410. The molecule has 0 saturated heterocycles. The van der Waals surface area contributed by atoms with Gasteiger partial charge in [0.05, 0.1) is 16.6 Å². The molecule has 5 rings (SSSR count). The van der Waals surface area contributed by atoms with Crippen molar-refractivity contribution in [1.82, 2.24) is 9.66 Å². The summed E-state index contributed by atoms with van der Waals surface area (Å²) in [6, 6.07) is 22.0. The summed E-state index contributed by atoms with van der Waals surface area (Å²) < 4.78 is 2.05. The summed E-state index contributed by atoms with van der Waals surface area (Å²) >= 11 is 3.45. The fourth-order valence-corrected chi connectivity index (χ4v) is 3.92. The molecule has 1 aliphatic rings. The second kappa shape index (κ2) is 7.03. The molecule has 0 bridgehead atoms. The average molecular weight is 459 g/mol. The molecule has 0 N–H and O–H groups in total. The van der Waals surface area contributed by atoms with Crippen LogP contribution in [0.1, 0.15) is 5.56 Å². The molecule has 1 amide bonds. The van der Waals surface area contributed by atoms with E-state index in [4.69, 9.17) is 0 Å². The third-order valence-corrected chi connectivity index (χ3v) is 5.56. The lowest BCUT2D eigenvalue weighted by atomic mass is 10.1. The SMILES string of the molecule is CN1C(=O)C(=Nn2c(-c3ccccc3)nc3ccccc3c2=O)c2cc(Br)ccc21. The number of aromatic nitrogens is 2. The molecular weight excluding hydrogens is 444 g/mol. The van der Waals surface area contributed by atoms with Crippen molar-refractivity contribution in [2.75, 3.05) is 11.9 Å². The third kappa shape index (κ3) is 2.86. The van der Waals surface area contributed by atoms with Crippen LogP contribution in [-0.4, -0.2) is 28.3 Å². The van der Waals surface area contributed by atoms with Gasteiger partial charge in [0.25, 0.3) is 11.5 Å². The number of benzene rings is 3. The van der Waals surface area contributed by atoms with E-state index in [0.29, 0.717) is 22.3 Å². The normalized spacial score (nSPS) is 14.5. The molecule has 0 aliphatic carbocycles. The van der Waals surface area contributed by atoms with Crippen molar-refractivity contribution in [3.63, 3.8) is 0 Å². The second-order valence-electron chi connectivity index (χ2n) is 6.91. The number of carbonyl (C=O) groups is 1. The van der Waals surface area contributed by atoms with Gasteiger partial charge in [-0.1, -0.05) is 58.4 Å².